The molecule has 0 bridgehead atoms. The average Bonchev–Trinajstić information content (AvgIpc) is 2.21. The van der Waals surface area contributed by atoms with E-state index in [0.717, 1.165) is 18.5 Å². The zero-order valence-corrected chi connectivity index (χ0v) is 10.3. The normalized spacial score (nSPS) is 20.6. The van der Waals surface area contributed by atoms with Crippen molar-refractivity contribution in [2.75, 3.05) is 16.8 Å². The van der Waals surface area contributed by atoms with Crippen LogP contribution in [0.3, 0.4) is 0 Å². The second kappa shape index (κ2) is 4.45. The first kappa shape index (κ1) is 11.5. The fourth-order valence-electron chi connectivity index (χ4n) is 2.00. The Kier molecular flexibility index (Phi) is 3.19. The molecule has 1 heterocycles. The predicted octanol–water partition coefficient (Wildman–Crippen LogP) is 1.98. The van der Waals surface area contributed by atoms with Gasteiger partial charge in [0.15, 0.2) is 0 Å². The molecule has 2 rings (SSSR count). The van der Waals surface area contributed by atoms with E-state index in [1.54, 1.807) is 0 Å². The van der Waals surface area contributed by atoms with Crippen LogP contribution in [-0.4, -0.2) is 26.0 Å². The number of benzene rings is 1. The van der Waals surface area contributed by atoms with Crippen LogP contribution < -0.4 is 5.32 Å². The van der Waals surface area contributed by atoms with E-state index in [1.807, 2.05) is 12.1 Å². The Balaban J connectivity index is 1.97. The first-order valence-electron chi connectivity index (χ1n) is 5.59. The minimum absolute atomic E-state index is 0.297. The summed E-state index contributed by atoms with van der Waals surface area (Å²) in [5, 5.41) is 3.40. The van der Waals surface area contributed by atoms with Crippen LogP contribution in [0.25, 0.3) is 0 Å². The second-order valence-corrected chi connectivity index (χ2v) is 6.74. The van der Waals surface area contributed by atoms with E-state index < -0.39 is 9.84 Å². The predicted molar refractivity (Wildman–Crippen MR) is 66.5 cm³/mol. The summed E-state index contributed by atoms with van der Waals surface area (Å²) in [7, 11) is -2.76. The maximum Gasteiger partial charge on any atom is 0.150 e. The fraction of sp³-hybridized carbons (Fsp3) is 0.500. The zero-order chi connectivity index (χ0) is 11.6. The molecule has 88 valence electrons. The molecule has 0 atom stereocenters. The van der Waals surface area contributed by atoms with Crippen molar-refractivity contribution in [2.45, 2.75) is 25.8 Å². The van der Waals surface area contributed by atoms with Gasteiger partial charge in [-0.3, -0.25) is 0 Å². The highest BCUT2D eigenvalue weighted by molar-refractivity contribution is 7.91. The van der Waals surface area contributed by atoms with E-state index in [1.165, 1.54) is 5.56 Å². The lowest BCUT2D eigenvalue weighted by Crippen LogP contribution is -2.32. The number of aryl methyl sites for hydroxylation is 1. The molecule has 16 heavy (non-hydrogen) atoms. The van der Waals surface area contributed by atoms with Gasteiger partial charge in [-0.05, 0) is 37.5 Å². The van der Waals surface area contributed by atoms with Gasteiger partial charge in [0.25, 0.3) is 0 Å². The van der Waals surface area contributed by atoms with Crippen LogP contribution in [0, 0.1) is 6.92 Å². The van der Waals surface area contributed by atoms with Crippen molar-refractivity contribution in [3.8, 4) is 0 Å². The van der Waals surface area contributed by atoms with Gasteiger partial charge in [-0.1, -0.05) is 12.1 Å². The molecule has 4 heteroatoms. The van der Waals surface area contributed by atoms with Crippen LogP contribution in [0.15, 0.2) is 24.3 Å². The highest BCUT2D eigenvalue weighted by Gasteiger charge is 2.23. The molecule has 1 aliphatic rings. The van der Waals surface area contributed by atoms with Gasteiger partial charge in [-0.25, -0.2) is 8.42 Å². The molecule has 0 saturated carbocycles. The Bertz CT molecular complexity index is 454. The summed E-state index contributed by atoms with van der Waals surface area (Å²) >= 11 is 0. The highest BCUT2D eigenvalue weighted by Crippen LogP contribution is 2.18. The molecule has 0 spiro atoms. The summed E-state index contributed by atoms with van der Waals surface area (Å²) in [4.78, 5) is 0. The molecule has 3 nitrogen and oxygen atoms in total. The number of hydrogen-bond donors (Lipinski definition) is 1. The van der Waals surface area contributed by atoms with Crippen LogP contribution in [0.2, 0.25) is 0 Å². The molecule has 0 aromatic heterocycles. The maximum atomic E-state index is 11.3. The molecule has 1 aromatic rings. The van der Waals surface area contributed by atoms with E-state index in [-0.39, 0.29) is 0 Å². The maximum absolute atomic E-state index is 11.3. The Morgan fingerprint density at radius 3 is 2.56 bits per heavy atom. The van der Waals surface area contributed by atoms with Crippen molar-refractivity contribution in [2.24, 2.45) is 0 Å². The summed E-state index contributed by atoms with van der Waals surface area (Å²) in [5.74, 6) is 0.632. The molecule has 0 unspecified atom stereocenters. The van der Waals surface area contributed by atoms with Gasteiger partial charge >= 0.3 is 0 Å². The van der Waals surface area contributed by atoms with E-state index in [9.17, 15) is 8.42 Å². The first-order chi connectivity index (χ1) is 7.55. The molecule has 0 amide bonds. The molecule has 1 saturated heterocycles. The summed E-state index contributed by atoms with van der Waals surface area (Å²) in [6.45, 7) is 2.05. The summed E-state index contributed by atoms with van der Waals surface area (Å²) < 4.78 is 22.5. The number of anilines is 1. The molecular formula is C12H17NO2S. The SMILES string of the molecule is Cc1cccc(NC2CCS(=O)(=O)CC2)c1. The lowest BCUT2D eigenvalue weighted by atomic mass is 10.1. The third-order valence-corrected chi connectivity index (χ3v) is 4.66. The van der Waals surface area contributed by atoms with E-state index in [0.29, 0.717) is 17.5 Å². The summed E-state index contributed by atoms with van der Waals surface area (Å²) in [6, 6.07) is 8.47. The quantitative estimate of drug-likeness (QED) is 0.858. The Hall–Kier alpha value is -1.03. The van der Waals surface area contributed by atoms with Gasteiger partial charge < -0.3 is 5.32 Å². The molecule has 1 aromatic carbocycles. The van der Waals surface area contributed by atoms with Crippen LogP contribution in [0.5, 0.6) is 0 Å². The Morgan fingerprint density at radius 2 is 1.94 bits per heavy atom. The Morgan fingerprint density at radius 1 is 1.25 bits per heavy atom. The second-order valence-electron chi connectivity index (χ2n) is 4.44. The third-order valence-electron chi connectivity index (χ3n) is 2.94. The fourth-order valence-corrected chi connectivity index (χ4v) is 3.50. The van der Waals surface area contributed by atoms with Gasteiger partial charge in [0.1, 0.15) is 9.84 Å². The zero-order valence-electron chi connectivity index (χ0n) is 9.44. The minimum atomic E-state index is -2.76. The highest BCUT2D eigenvalue weighted by atomic mass is 32.2. The van der Waals surface area contributed by atoms with Crippen molar-refractivity contribution in [1.82, 2.24) is 0 Å². The average molecular weight is 239 g/mol. The first-order valence-corrected chi connectivity index (χ1v) is 7.41. The number of rotatable bonds is 2. The number of nitrogens with one attached hydrogen (secondary N) is 1. The van der Waals surface area contributed by atoms with E-state index in [2.05, 4.69) is 24.4 Å². The lowest BCUT2D eigenvalue weighted by Gasteiger charge is -2.24. The smallest absolute Gasteiger partial charge is 0.150 e. The number of hydrogen-bond acceptors (Lipinski definition) is 3. The molecular weight excluding hydrogens is 222 g/mol. The van der Waals surface area contributed by atoms with Crippen molar-refractivity contribution < 1.29 is 8.42 Å². The molecule has 1 aliphatic heterocycles. The third kappa shape index (κ3) is 2.98. The summed E-state index contributed by atoms with van der Waals surface area (Å²) in [5.41, 5.74) is 2.30. The van der Waals surface area contributed by atoms with Crippen LogP contribution in [-0.2, 0) is 9.84 Å². The van der Waals surface area contributed by atoms with E-state index in [4.69, 9.17) is 0 Å². The van der Waals surface area contributed by atoms with Gasteiger partial charge in [0.2, 0.25) is 0 Å². The molecule has 0 aliphatic carbocycles. The number of sulfone groups is 1. The van der Waals surface area contributed by atoms with Gasteiger partial charge in [0, 0.05) is 11.7 Å². The topological polar surface area (TPSA) is 46.2 Å². The van der Waals surface area contributed by atoms with Gasteiger partial charge in [0.05, 0.1) is 11.5 Å². The monoisotopic (exact) mass is 239 g/mol. The lowest BCUT2D eigenvalue weighted by molar-refractivity contribution is 0.559. The standard InChI is InChI=1S/C12H17NO2S/c1-10-3-2-4-12(9-10)13-11-5-7-16(14,15)8-6-11/h2-4,9,11,13H,5-8H2,1H3. The van der Waals surface area contributed by atoms with Crippen molar-refractivity contribution in [3.05, 3.63) is 29.8 Å². The molecule has 1 N–H and O–H groups in total. The minimum Gasteiger partial charge on any atom is -0.382 e. The molecule has 0 radical (unpaired) electrons. The van der Waals surface area contributed by atoms with E-state index >= 15 is 0 Å². The van der Waals surface area contributed by atoms with Crippen LogP contribution >= 0.6 is 0 Å². The van der Waals surface area contributed by atoms with Crippen molar-refractivity contribution >= 4 is 15.5 Å². The van der Waals surface area contributed by atoms with Gasteiger partial charge in [-0.2, -0.15) is 0 Å². The van der Waals surface area contributed by atoms with Crippen molar-refractivity contribution in [1.29, 1.82) is 0 Å². The van der Waals surface area contributed by atoms with Crippen molar-refractivity contribution in [3.63, 3.8) is 0 Å². The van der Waals surface area contributed by atoms with Gasteiger partial charge in [-0.15, -0.1) is 0 Å². The largest absolute Gasteiger partial charge is 0.382 e. The van der Waals surface area contributed by atoms with Crippen LogP contribution in [0.1, 0.15) is 18.4 Å². The Labute approximate surface area is 96.8 Å². The summed E-state index contributed by atoms with van der Waals surface area (Å²) in [6.07, 6.45) is 1.44. The van der Waals surface area contributed by atoms with Crippen LogP contribution in [0.4, 0.5) is 5.69 Å². The molecule has 1 fully saturated rings.